The Bertz CT molecular complexity index is 1620. The van der Waals surface area contributed by atoms with Gasteiger partial charge in [0.25, 0.3) is 0 Å². The van der Waals surface area contributed by atoms with Gasteiger partial charge in [-0.2, -0.15) is 0 Å². The molecule has 0 spiro atoms. The lowest BCUT2D eigenvalue weighted by atomic mass is 10.1. The molecular formula is C30H29FN6O. The highest BCUT2D eigenvalue weighted by atomic mass is 19.1. The lowest BCUT2D eigenvalue weighted by molar-refractivity contribution is 0.255. The Morgan fingerprint density at radius 1 is 0.974 bits per heavy atom. The van der Waals surface area contributed by atoms with E-state index in [0.29, 0.717) is 5.88 Å². The van der Waals surface area contributed by atoms with Gasteiger partial charge in [-0.25, -0.2) is 14.4 Å². The number of hydrogen-bond donors (Lipinski definition) is 1. The number of hydrogen-bond acceptors (Lipinski definition) is 6. The molecule has 1 saturated heterocycles. The number of pyridine rings is 1. The van der Waals surface area contributed by atoms with Crippen molar-refractivity contribution in [1.29, 1.82) is 0 Å². The normalized spacial score (nSPS) is 15.3. The third-order valence-electron chi connectivity index (χ3n) is 7.03. The van der Waals surface area contributed by atoms with Gasteiger partial charge < -0.3 is 19.5 Å². The molecule has 1 aromatic heterocycles. The van der Waals surface area contributed by atoms with Gasteiger partial charge in [0.05, 0.1) is 46.6 Å². The maximum absolute atomic E-state index is 13.8. The molecule has 3 heterocycles. The lowest BCUT2D eigenvalue weighted by Gasteiger charge is -2.27. The van der Waals surface area contributed by atoms with Crippen LogP contribution in [0.1, 0.15) is 12.8 Å². The Kier molecular flexibility index (Phi) is 6.47. The molecule has 3 aromatic rings. The maximum Gasteiger partial charge on any atom is 0.237 e. The molecule has 2 aromatic carbocycles. The first kappa shape index (κ1) is 24.1. The summed E-state index contributed by atoms with van der Waals surface area (Å²) in [6.07, 6.45) is 3.70. The fourth-order valence-electron chi connectivity index (χ4n) is 5.03. The molecule has 1 aliphatic carbocycles. The SMILES string of the molecule is COc1ncccc1Nc1cc2nc3ccccc3n(-c3ccc(F)cc3)c-2c/c1=N\C1CCN(C)CC1. The van der Waals surface area contributed by atoms with E-state index in [1.165, 1.54) is 12.1 Å². The number of likely N-dealkylation sites (tertiary alicyclic amines) is 1. The first-order valence-electron chi connectivity index (χ1n) is 12.8. The van der Waals surface area contributed by atoms with Crippen LogP contribution in [0, 0.1) is 5.82 Å². The molecule has 7 nitrogen and oxygen atoms in total. The molecule has 0 amide bonds. The van der Waals surface area contributed by atoms with Crippen LogP contribution in [0.3, 0.4) is 0 Å². The Morgan fingerprint density at radius 2 is 1.76 bits per heavy atom. The predicted octanol–water partition coefficient (Wildman–Crippen LogP) is 5.41. The van der Waals surface area contributed by atoms with Crippen LogP contribution in [-0.2, 0) is 0 Å². The number of rotatable bonds is 5. The van der Waals surface area contributed by atoms with E-state index in [0.717, 1.165) is 70.8 Å². The highest BCUT2D eigenvalue weighted by Crippen LogP contribution is 2.31. The van der Waals surface area contributed by atoms with Gasteiger partial charge in [0.1, 0.15) is 11.5 Å². The average molecular weight is 509 g/mol. The number of methoxy groups -OCH3 is 1. The zero-order valence-electron chi connectivity index (χ0n) is 21.4. The van der Waals surface area contributed by atoms with Crippen molar-refractivity contribution in [3.63, 3.8) is 0 Å². The lowest BCUT2D eigenvalue weighted by Crippen LogP contribution is -2.33. The standard InChI is InChI=1S/C30H29FN6O/c1-36-16-13-21(14-17-36)33-26-19-29-27(18-25(26)35-24-7-5-15-32-30(24)38-2)34-23-6-3-4-8-28(23)37(29)22-11-9-20(31)10-12-22/h3-12,15,18-19,21,35H,13-14,16-17H2,1-2H3/b33-26+. The van der Waals surface area contributed by atoms with Crippen LogP contribution in [0.4, 0.5) is 15.8 Å². The van der Waals surface area contributed by atoms with Crippen LogP contribution in [0.25, 0.3) is 28.1 Å². The van der Waals surface area contributed by atoms with E-state index in [1.54, 1.807) is 25.4 Å². The number of para-hydroxylation sites is 2. The van der Waals surface area contributed by atoms with Crippen LogP contribution in [0.5, 0.6) is 5.88 Å². The van der Waals surface area contributed by atoms with E-state index < -0.39 is 0 Å². The number of nitrogens with one attached hydrogen (secondary N) is 1. The van der Waals surface area contributed by atoms with E-state index in [1.807, 2.05) is 42.5 Å². The molecule has 0 bridgehead atoms. The number of nitrogens with zero attached hydrogens (tertiary/aromatic N) is 5. The fourth-order valence-corrected chi connectivity index (χ4v) is 5.03. The largest absolute Gasteiger partial charge is 0.480 e. The Balaban J connectivity index is 1.60. The first-order valence-corrected chi connectivity index (χ1v) is 12.8. The topological polar surface area (TPSA) is 67.6 Å². The smallest absolute Gasteiger partial charge is 0.237 e. The van der Waals surface area contributed by atoms with Crippen molar-refractivity contribution in [3.05, 3.63) is 90.2 Å². The second kappa shape index (κ2) is 10.2. The van der Waals surface area contributed by atoms with Crippen LogP contribution in [-0.4, -0.2) is 52.7 Å². The number of anilines is 2. The number of fused-ring (bicyclic) bond motifs is 2. The zero-order chi connectivity index (χ0) is 26.1. The molecule has 0 unspecified atom stereocenters. The average Bonchev–Trinajstić information content (AvgIpc) is 2.94. The summed E-state index contributed by atoms with van der Waals surface area (Å²) in [7, 11) is 3.76. The molecule has 8 heteroatoms. The molecule has 192 valence electrons. The minimum atomic E-state index is -0.271. The second-order valence-corrected chi connectivity index (χ2v) is 9.62. The van der Waals surface area contributed by atoms with Crippen molar-refractivity contribution < 1.29 is 9.13 Å². The van der Waals surface area contributed by atoms with Crippen molar-refractivity contribution in [2.75, 3.05) is 32.6 Å². The van der Waals surface area contributed by atoms with Gasteiger partial charge in [-0.1, -0.05) is 12.1 Å². The first-order chi connectivity index (χ1) is 18.6. The number of aromatic nitrogens is 3. The molecule has 2 aliphatic heterocycles. The highest BCUT2D eigenvalue weighted by Gasteiger charge is 2.20. The third kappa shape index (κ3) is 4.70. The molecule has 0 atom stereocenters. The van der Waals surface area contributed by atoms with Gasteiger partial charge in [-0.15, -0.1) is 0 Å². The van der Waals surface area contributed by atoms with Crippen molar-refractivity contribution in [1.82, 2.24) is 19.4 Å². The van der Waals surface area contributed by atoms with E-state index in [-0.39, 0.29) is 11.9 Å². The molecule has 6 rings (SSSR count). The van der Waals surface area contributed by atoms with E-state index in [2.05, 4.69) is 32.9 Å². The summed E-state index contributed by atoms with van der Waals surface area (Å²) >= 11 is 0. The summed E-state index contributed by atoms with van der Waals surface area (Å²) in [6, 6.07) is 22.7. The van der Waals surface area contributed by atoms with Crippen molar-refractivity contribution in [3.8, 4) is 23.0 Å². The zero-order valence-corrected chi connectivity index (χ0v) is 21.4. The maximum atomic E-state index is 13.8. The van der Waals surface area contributed by atoms with Gasteiger partial charge >= 0.3 is 0 Å². The predicted molar refractivity (Wildman–Crippen MR) is 148 cm³/mol. The molecule has 3 aliphatic rings. The van der Waals surface area contributed by atoms with Crippen molar-refractivity contribution >= 4 is 22.4 Å². The fraction of sp³-hybridized carbons (Fsp3) is 0.233. The number of halogens is 1. The van der Waals surface area contributed by atoms with E-state index >= 15 is 0 Å². The molecule has 1 fully saturated rings. The van der Waals surface area contributed by atoms with Crippen LogP contribution >= 0.6 is 0 Å². The molecule has 0 radical (unpaired) electrons. The van der Waals surface area contributed by atoms with Crippen molar-refractivity contribution in [2.24, 2.45) is 4.99 Å². The minimum Gasteiger partial charge on any atom is -0.480 e. The van der Waals surface area contributed by atoms with Gasteiger partial charge in [0.2, 0.25) is 5.88 Å². The molecule has 38 heavy (non-hydrogen) atoms. The molecule has 1 N–H and O–H groups in total. The monoisotopic (exact) mass is 508 g/mol. The van der Waals surface area contributed by atoms with E-state index in [9.17, 15) is 4.39 Å². The number of ether oxygens (including phenoxy) is 1. The number of benzene rings is 3. The number of piperidine rings is 1. The van der Waals surface area contributed by atoms with Crippen LogP contribution in [0.2, 0.25) is 0 Å². The van der Waals surface area contributed by atoms with Crippen LogP contribution in [0.15, 0.2) is 84.0 Å². The van der Waals surface area contributed by atoms with Crippen molar-refractivity contribution in [2.45, 2.75) is 18.9 Å². The summed E-state index contributed by atoms with van der Waals surface area (Å²) in [5, 5.41) is 4.35. The summed E-state index contributed by atoms with van der Waals surface area (Å²) in [5.74, 6) is 0.234. The summed E-state index contributed by atoms with van der Waals surface area (Å²) in [4.78, 5) is 16.9. The van der Waals surface area contributed by atoms with Gasteiger partial charge in [0.15, 0.2) is 0 Å². The Labute approximate surface area is 220 Å². The molecule has 0 saturated carbocycles. The van der Waals surface area contributed by atoms with E-state index in [4.69, 9.17) is 14.7 Å². The highest BCUT2D eigenvalue weighted by molar-refractivity contribution is 5.84. The summed E-state index contributed by atoms with van der Waals surface area (Å²) < 4.78 is 21.5. The van der Waals surface area contributed by atoms with Gasteiger partial charge in [0, 0.05) is 11.9 Å². The quantitative estimate of drug-likeness (QED) is 0.322. The minimum absolute atomic E-state index is 0.215. The van der Waals surface area contributed by atoms with Crippen LogP contribution < -0.4 is 15.4 Å². The summed E-state index contributed by atoms with van der Waals surface area (Å²) in [6.45, 7) is 2.03. The van der Waals surface area contributed by atoms with Gasteiger partial charge in [-0.05, 0) is 93.6 Å². The Hall–Kier alpha value is -4.30. The summed E-state index contributed by atoms with van der Waals surface area (Å²) in [5.41, 5.74) is 5.90. The third-order valence-corrected chi connectivity index (χ3v) is 7.03. The van der Waals surface area contributed by atoms with Gasteiger partial charge in [-0.3, -0.25) is 4.99 Å². The Morgan fingerprint density at radius 3 is 2.55 bits per heavy atom. The molecular weight excluding hydrogens is 479 g/mol. The second-order valence-electron chi connectivity index (χ2n) is 9.62.